The van der Waals surface area contributed by atoms with Gasteiger partial charge in [-0.1, -0.05) is 71.9 Å². The maximum Gasteiger partial charge on any atom is 0.258 e. The van der Waals surface area contributed by atoms with Crippen molar-refractivity contribution in [1.29, 1.82) is 0 Å². The number of amidine groups is 1. The number of rotatable bonds is 2. The van der Waals surface area contributed by atoms with Gasteiger partial charge in [0.25, 0.3) is 5.91 Å². The van der Waals surface area contributed by atoms with Crippen molar-refractivity contribution in [2.45, 2.75) is 19.4 Å². The van der Waals surface area contributed by atoms with Gasteiger partial charge in [-0.25, -0.2) is 5.01 Å². The van der Waals surface area contributed by atoms with Gasteiger partial charge in [-0.3, -0.25) is 4.79 Å². The highest BCUT2D eigenvalue weighted by Gasteiger charge is 2.34. The number of hydrazone groups is 1. The number of hydrogen-bond donors (Lipinski definition) is 0. The lowest BCUT2D eigenvalue weighted by Gasteiger charge is -2.22. The SMILES string of the molecule is Cc1ccc(C2CC(c3ccccc3)=NN2C2=NC(=O)CS2)cc1. The summed E-state index contributed by atoms with van der Waals surface area (Å²) in [5, 5.41) is 7.43. The molecule has 5 heteroatoms. The molecule has 0 aliphatic carbocycles. The molecule has 24 heavy (non-hydrogen) atoms. The summed E-state index contributed by atoms with van der Waals surface area (Å²) in [6.07, 6.45) is 0.806. The number of aryl methyl sites for hydroxylation is 1. The highest BCUT2D eigenvalue weighted by Crippen LogP contribution is 2.36. The van der Waals surface area contributed by atoms with E-state index in [0.717, 1.165) is 17.7 Å². The van der Waals surface area contributed by atoms with Crippen LogP contribution in [0.2, 0.25) is 0 Å². The molecule has 0 fully saturated rings. The zero-order valence-electron chi connectivity index (χ0n) is 13.3. The van der Waals surface area contributed by atoms with E-state index in [1.807, 2.05) is 23.2 Å². The first-order valence-corrected chi connectivity index (χ1v) is 8.92. The van der Waals surface area contributed by atoms with Gasteiger partial charge in [0.15, 0.2) is 5.17 Å². The molecule has 0 aromatic heterocycles. The second kappa shape index (κ2) is 6.24. The van der Waals surface area contributed by atoms with E-state index in [1.54, 1.807) is 0 Å². The van der Waals surface area contributed by atoms with Crippen molar-refractivity contribution in [1.82, 2.24) is 5.01 Å². The molecule has 1 atom stereocenters. The third-order valence-electron chi connectivity index (χ3n) is 4.22. The lowest BCUT2D eigenvalue weighted by Crippen LogP contribution is -2.23. The average molecular weight is 335 g/mol. The first kappa shape index (κ1) is 15.1. The van der Waals surface area contributed by atoms with Gasteiger partial charge in [-0.05, 0) is 18.1 Å². The molecule has 0 saturated carbocycles. The molecule has 0 radical (unpaired) electrons. The Morgan fingerprint density at radius 1 is 1.08 bits per heavy atom. The van der Waals surface area contributed by atoms with Gasteiger partial charge in [0.05, 0.1) is 17.5 Å². The second-order valence-electron chi connectivity index (χ2n) is 5.96. The van der Waals surface area contributed by atoms with Crippen molar-refractivity contribution < 1.29 is 4.79 Å². The van der Waals surface area contributed by atoms with Gasteiger partial charge in [0.1, 0.15) is 0 Å². The smallest absolute Gasteiger partial charge is 0.258 e. The summed E-state index contributed by atoms with van der Waals surface area (Å²) in [4.78, 5) is 15.7. The molecule has 2 aliphatic heterocycles. The molecule has 4 nitrogen and oxygen atoms in total. The summed E-state index contributed by atoms with van der Waals surface area (Å²) >= 11 is 1.47. The van der Waals surface area contributed by atoms with E-state index in [0.29, 0.717) is 10.9 Å². The number of amides is 1. The topological polar surface area (TPSA) is 45.0 Å². The van der Waals surface area contributed by atoms with Crippen LogP contribution in [0.25, 0.3) is 0 Å². The van der Waals surface area contributed by atoms with E-state index in [2.05, 4.69) is 48.3 Å². The minimum atomic E-state index is -0.0824. The van der Waals surface area contributed by atoms with Crippen molar-refractivity contribution in [2.75, 3.05) is 5.75 Å². The number of carbonyl (C=O) groups excluding carboxylic acids is 1. The standard InChI is InChI=1S/C19H17N3OS/c1-13-7-9-15(10-8-13)17-11-16(14-5-3-2-4-6-14)21-22(17)19-20-18(23)12-24-19/h2-10,17H,11-12H2,1H3. The van der Waals surface area contributed by atoms with Crippen LogP contribution in [0.3, 0.4) is 0 Å². The van der Waals surface area contributed by atoms with Gasteiger partial charge in [-0.2, -0.15) is 10.1 Å². The van der Waals surface area contributed by atoms with Crippen LogP contribution in [0.4, 0.5) is 0 Å². The Bertz CT molecular complexity index is 827. The molecule has 2 aromatic carbocycles. The van der Waals surface area contributed by atoms with Crippen molar-refractivity contribution >= 4 is 28.5 Å². The number of hydrogen-bond acceptors (Lipinski definition) is 4. The van der Waals surface area contributed by atoms with E-state index < -0.39 is 0 Å². The van der Waals surface area contributed by atoms with Gasteiger partial charge in [0, 0.05) is 6.42 Å². The highest BCUT2D eigenvalue weighted by molar-refractivity contribution is 8.14. The van der Waals surface area contributed by atoms with E-state index in [4.69, 9.17) is 5.10 Å². The molecule has 2 heterocycles. The van der Waals surface area contributed by atoms with E-state index >= 15 is 0 Å². The summed E-state index contributed by atoms with van der Waals surface area (Å²) in [7, 11) is 0. The molecule has 4 rings (SSSR count). The van der Waals surface area contributed by atoms with E-state index in [-0.39, 0.29) is 11.9 Å². The highest BCUT2D eigenvalue weighted by atomic mass is 32.2. The molecule has 0 spiro atoms. The van der Waals surface area contributed by atoms with E-state index in [1.165, 1.54) is 22.9 Å². The zero-order valence-corrected chi connectivity index (χ0v) is 14.2. The van der Waals surface area contributed by atoms with Crippen LogP contribution in [-0.2, 0) is 4.79 Å². The lowest BCUT2D eigenvalue weighted by atomic mass is 9.98. The molecule has 0 N–H and O–H groups in total. The average Bonchev–Trinajstić information content (AvgIpc) is 3.23. The summed E-state index contributed by atoms with van der Waals surface area (Å²) < 4.78 is 0. The minimum Gasteiger partial charge on any atom is -0.272 e. The van der Waals surface area contributed by atoms with Crippen molar-refractivity contribution in [3.8, 4) is 0 Å². The fourth-order valence-electron chi connectivity index (χ4n) is 2.95. The van der Waals surface area contributed by atoms with Gasteiger partial charge < -0.3 is 0 Å². The predicted molar refractivity (Wildman–Crippen MR) is 98.3 cm³/mol. The first-order chi connectivity index (χ1) is 11.7. The molecule has 1 unspecified atom stereocenters. The molecule has 2 aliphatic rings. The maximum atomic E-state index is 11.6. The molecular formula is C19H17N3OS. The van der Waals surface area contributed by atoms with Gasteiger partial charge >= 0.3 is 0 Å². The third-order valence-corrected chi connectivity index (χ3v) is 5.15. The third kappa shape index (κ3) is 2.87. The van der Waals surface area contributed by atoms with Crippen LogP contribution >= 0.6 is 11.8 Å². The number of thioether (sulfide) groups is 1. The number of aliphatic imine (C=N–C) groups is 1. The van der Waals surface area contributed by atoms with Crippen molar-refractivity contribution in [3.63, 3.8) is 0 Å². The predicted octanol–water partition coefficient (Wildman–Crippen LogP) is 3.78. The number of benzene rings is 2. The fourth-order valence-corrected chi connectivity index (χ4v) is 3.74. The number of nitrogens with zero attached hydrogens (tertiary/aromatic N) is 3. The van der Waals surface area contributed by atoms with Crippen LogP contribution < -0.4 is 0 Å². The number of carbonyl (C=O) groups is 1. The van der Waals surface area contributed by atoms with Crippen molar-refractivity contribution in [3.05, 3.63) is 71.3 Å². The van der Waals surface area contributed by atoms with Gasteiger partial charge in [0.2, 0.25) is 0 Å². The molecule has 0 saturated heterocycles. The quantitative estimate of drug-likeness (QED) is 0.839. The Morgan fingerprint density at radius 2 is 1.83 bits per heavy atom. The molecule has 120 valence electrons. The Morgan fingerprint density at radius 3 is 2.50 bits per heavy atom. The zero-order chi connectivity index (χ0) is 16.5. The minimum absolute atomic E-state index is 0.0814. The van der Waals surface area contributed by atoms with Crippen LogP contribution in [-0.4, -0.2) is 27.5 Å². The normalized spacial score (nSPS) is 20.3. The van der Waals surface area contributed by atoms with E-state index in [9.17, 15) is 4.79 Å². The summed E-state index contributed by atoms with van der Waals surface area (Å²) in [5.74, 6) is 0.323. The summed E-state index contributed by atoms with van der Waals surface area (Å²) in [6.45, 7) is 2.08. The van der Waals surface area contributed by atoms with Crippen LogP contribution in [0.5, 0.6) is 0 Å². The van der Waals surface area contributed by atoms with Crippen LogP contribution in [0, 0.1) is 6.92 Å². The Balaban J connectivity index is 1.71. The first-order valence-electron chi connectivity index (χ1n) is 7.94. The van der Waals surface area contributed by atoms with Crippen LogP contribution in [0.1, 0.15) is 29.2 Å². The summed E-state index contributed by atoms with van der Waals surface area (Å²) in [6, 6.07) is 18.8. The molecular weight excluding hydrogens is 318 g/mol. The molecule has 0 bridgehead atoms. The largest absolute Gasteiger partial charge is 0.272 e. The molecule has 2 aromatic rings. The van der Waals surface area contributed by atoms with Crippen molar-refractivity contribution in [2.24, 2.45) is 10.1 Å². The Labute approximate surface area is 145 Å². The Hall–Kier alpha value is -2.40. The monoisotopic (exact) mass is 335 g/mol. The molecule has 1 amide bonds. The fraction of sp³-hybridized carbons (Fsp3) is 0.211. The maximum absolute atomic E-state index is 11.6. The van der Waals surface area contributed by atoms with Crippen LogP contribution in [0.15, 0.2) is 64.7 Å². The van der Waals surface area contributed by atoms with Gasteiger partial charge in [-0.15, -0.1) is 0 Å². The second-order valence-corrected chi connectivity index (χ2v) is 6.91. The lowest BCUT2D eigenvalue weighted by molar-refractivity contribution is -0.115. The Kier molecular flexibility index (Phi) is 3.94. The summed E-state index contributed by atoms with van der Waals surface area (Å²) in [5.41, 5.74) is 4.57.